The maximum absolute atomic E-state index is 2.36. The standard InChI is InChI=1S/C16H21Si/c1-12-13(2)15(17-10-6-7-11-17)9-8-14(12)16(3,4)5/h6-11H,1-5H3. The fraction of sp³-hybridized carbons (Fsp3) is 0.375. The highest BCUT2D eigenvalue weighted by atomic mass is 28.3. The van der Waals surface area contributed by atoms with Crippen LogP contribution in [0.25, 0.3) is 0 Å². The van der Waals surface area contributed by atoms with E-state index in [1.54, 1.807) is 5.19 Å². The molecule has 1 heterocycles. The van der Waals surface area contributed by atoms with Crippen LogP contribution in [0.1, 0.15) is 37.5 Å². The molecule has 0 saturated carbocycles. The van der Waals surface area contributed by atoms with Gasteiger partial charge < -0.3 is 0 Å². The third-order valence-corrected chi connectivity index (χ3v) is 5.84. The van der Waals surface area contributed by atoms with E-state index >= 15 is 0 Å². The van der Waals surface area contributed by atoms with Crippen molar-refractivity contribution in [3.05, 3.63) is 52.4 Å². The van der Waals surface area contributed by atoms with Crippen LogP contribution in [0.3, 0.4) is 0 Å². The molecule has 0 saturated heterocycles. The Hall–Kier alpha value is -1.08. The summed E-state index contributed by atoms with van der Waals surface area (Å²) in [4.78, 5) is 0. The smallest absolute Gasteiger partial charge is 0.0877 e. The quantitative estimate of drug-likeness (QED) is 0.660. The molecule has 0 atom stereocenters. The van der Waals surface area contributed by atoms with Crippen LogP contribution in [0.15, 0.2) is 35.7 Å². The minimum absolute atomic E-state index is 0.242. The molecule has 0 N–H and O–H groups in total. The molecule has 17 heavy (non-hydrogen) atoms. The van der Waals surface area contributed by atoms with Crippen molar-refractivity contribution in [2.24, 2.45) is 0 Å². The highest BCUT2D eigenvalue weighted by molar-refractivity contribution is 6.83. The molecule has 0 bridgehead atoms. The molecule has 0 nitrogen and oxygen atoms in total. The van der Waals surface area contributed by atoms with Gasteiger partial charge in [0.05, 0.1) is 0 Å². The van der Waals surface area contributed by atoms with Crippen molar-refractivity contribution in [2.45, 2.75) is 40.0 Å². The van der Waals surface area contributed by atoms with Gasteiger partial charge in [-0.25, -0.2) is 0 Å². The largest absolute Gasteiger partial charge is 0.139 e. The van der Waals surface area contributed by atoms with Gasteiger partial charge in [0.2, 0.25) is 0 Å². The predicted octanol–water partition coefficient (Wildman–Crippen LogP) is 3.51. The van der Waals surface area contributed by atoms with Crippen molar-refractivity contribution in [1.29, 1.82) is 0 Å². The minimum Gasteiger partial charge on any atom is -0.0877 e. The maximum atomic E-state index is 2.36. The van der Waals surface area contributed by atoms with Crippen LogP contribution >= 0.6 is 0 Å². The van der Waals surface area contributed by atoms with Crippen LogP contribution < -0.4 is 5.19 Å². The zero-order valence-corrected chi connectivity index (χ0v) is 12.5. The van der Waals surface area contributed by atoms with E-state index in [9.17, 15) is 0 Å². The van der Waals surface area contributed by atoms with Gasteiger partial charge in [-0.1, -0.05) is 56.5 Å². The third kappa shape index (κ3) is 2.30. The van der Waals surface area contributed by atoms with E-state index < -0.39 is 8.80 Å². The summed E-state index contributed by atoms with van der Waals surface area (Å²) >= 11 is 0. The Balaban J connectivity index is 2.50. The van der Waals surface area contributed by atoms with Crippen molar-refractivity contribution in [3.63, 3.8) is 0 Å². The van der Waals surface area contributed by atoms with Crippen LogP contribution in [0.4, 0.5) is 0 Å². The highest BCUT2D eigenvalue weighted by Gasteiger charge is 2.20. The number of benzene rings is 1. The molecule has 1 aliphatic rings. The van der Waals surface area contributed by atoms with Gasteiger partial charge in [0, 0.05) is 0 Å². The fourth-order valence-electron chi connectivity index (χ4n) is 2.50. The van der Waals surface area contributed by atoms with Crippen LogP contribution in [0.5, 0.6) is 0 Å². The summed E-state index contributed by atoms with van der Waals surface area (Å²) in [6.07, 6.45) is 4.36. The number of rotatable bonds is 1. The molecule has 0 aromatic heterocycles. The molecule has 0 aliphatic carbocycles. The summed E-state index contributed by atoms with van der Waals surface area (Å²) in [5.74, 6) is 0. The zero-order chi connectivity index (χ0) is 12.6. The SMILES string of the molecule is Cc1c([Si]2C=CC=C2)ccc(C(C)(C)C)c1C. The monoisotopic (exact) mass is 241 g/mol. The van der Waals surface area contributed by atoms with Gasteiger partial charge in [0.15, 0.2) is 0 Å². The van der Waals surface area contributed by atoms with Gasteiger partial charge in [-0.15, -0.1) is 0 Å². The average Bonchev–Trinajstić information content (AvgIpc) is 2.73. The van der Waals surface area contributed by atoms with E-state index in [-0.39, 0.29) is 5.41 Å². The first-order chi connectivity index (χ1) is 7.91. The van der Waals surface area contributed by atoms with E-state index in [4.69, 9.17) is 0 Å². The van der Waals surface area contributed by atoms with Crippen molar-refractivity contribution < 1.29 is 0 Å². The summed E-state index contributed by atoms with van der Waals surface area (Å²) in [5.41, 5.74) is 9.41. The molecule has 0 unspecified atom stereocenters. The second-order valence-corrected chi connectivity index (χ2v) is 7.95. The number of allylic oxidation sites excluding steroid dienone is 2. The first-order valence-electron chi connectivity index (χ1n) is 6.24. The van der Waals surface area contributed by atoms with E-state index in [1.807, 2.05) is 0 Å². The van der Waals surface area contributed by atoms with Crippen molar-refractivity contribution in [2.75, 3.05) is 0 Å². The fourth-order valence-corrected chi connectivity index (χ4v) is 4.50. The van der Waals surface area contributed by atoms with Crippen LogP contribution in [-0.2, 0) is 5.41 Å². The zero-order valence-electron chi connectivity index (χ0n) is 11.5. The molecule has 1 aromatic carbocycles. The first kappa shape index (κ1) is 12.4. The lowest BCUT2D eigenvalue weighted by Gasteiger charge is -2.24. The molecule has 0 fully saturated rings. The molecule has 1 radical (unpaired) electrons. The van der Waals surface area contributed by atoms with E-state index in [2.05, 4.69) is 70.3 Å². The highest BCUT2D eigenvalue weighted by Crippen LogP contribution is 2.26. The Labute approximate surface area is 107 Å². The lowest BCUT2D eigenvalue weighted by atomic mass is 9.83. The van der Waals surface area contributed by atoms with Crippen molar-refractivity contribution >= 4 is 14.0 Å². The Kier molecular flexibility index (Phi) is 3.13. The van der Waals surface area contributed by atoms with Crippen LogP contribution in [-0.4, -0.2) is 8.80 Å². The molecule has 0 amide bonds. The minimum atomic E-state index is -0.565. The van der Waals surface area contributed by atoms with Crippen LogP contribution in [0, 0.1) is 13.8 Å². The lowest BCUT2D eigenvalue weighted by Crippen LogP contribution is -2.30. The van der Waals surface area contributed by atoms with Crippen molar-refractivity contribution in [3.8, 4) is 0 Å². The second-order valence-electron chi connectivity index (χ2n) is 5.83. The number of hydrogen-bond donors (Lipinski definition) is 0. The molecule has 1 heteroatoms. The van der Waals surface area contributed by atoms with Gasteiger partial charge in [-0.2, -0.15) is 0 Å². The summed E-state index contributed by atoms with van der Waals surface area (Å²) in [7, 11) is -0.565. The summed E-state index contributed by atoms with van der Waals surface area (Å²) < 4.78 is 0. The van der Waals surface area contributed by atoms with Gasteiger partial charge in [-0.3, -0.25) is 0 Å². The van der Waals surface area contributed by atoms with Gasteiger partial charge in [0.25, 0.3) is 0 Å². The average molecular weight is 241 g/mol. The first-order valence-corrected chi connectivity index (χ1v) is 7.89. The molecule has 1 aromatic rings. The normalized spacial score (nSPS) is 15.8. The van der Waals surface area contributed by atoms with Gasteiger partial charge in [-0.05, 0) is 41.1 Å². The molecule has 2 rings (SSSR count). The molecule has 0 spiro atoms. The topological polar surface area (TPSA) is 0 Å². The Morgan fingerprint density at radius 3 is 2.00 bits per heavy atom. The van der Waals surface area contributed by atoms with Crippen molar-refractivity contribution in [1.82, 2.24) is 0 Å². The Bertz CT molecular complexity index is 475. The third-order valence-electron chi connectivity index (χ3n) is 3.57. The molecule has 1 aliphatic heterocycles. The molecular formula is C16H21Si. The Morgan fingerprint density at radius 2 is 1.47 bits per heavy atom. The van der Waals surface area contributed by atoms with Gasteiger partial charge >= 0.3 is 0 Å². The maximum Gasteiger partial charge on any atom is 0.139 e. The lowest BCUT2D eigenvalue weighted by molar-refractivity contribution is 0.585. The van der Waals surface area contributed by atoms with E-state index in [0.29, 0.717) is 0 Å². The second kappa shape index (κ2) is 4.30. The molecular weight excluding hydrogens is 220 g/mol. The Morgan fingerprint density at radius 1 is 0.882 bits per heavy atom. The number of hydrogen-bond acceptors (Lipinski definition) is 0. The van der Waals surface area contributed by atoms with E-state index in [1.165, 1.54) is 16.7 Å². The van der Waals surface area contributed by atoms with E-state index in [0.717, 1.165) is 0 Å². The summed E-state index contributed by atoms with van der Waals surface area (Å²) in [6.45, 7) is 11.4. The predicted molar refractivity (Wildman–Crippen MR) is 78.3 cm³/mol. The van der Waals surface area contributed by atoms with Gasteiger partial charge in [0.1, 0.15) is 8.80 Å². The summed E-state index contributed by atoms with van der Waals surface area (Å²) in [6, 6.07) is 4.67. The molecule has 89 valence electrons. The van der Waals surface area contributed by atoms with Crippen LogP contribution in [0.2, 0.25) is 0 Å². The summed E-state index contributed by atoms with van der Waals surface area (Å²) in [5, 5.41) is 1.55.